The fraction of sp³-hybridized carbons (Fsp3) is 0.222. The van der Waals surface area contributed by atoms with Crippen LogP contribution >= 0.6 is 0 Å². The van der Waals surface area contributed by atoms with Gasteiger partial charge in [-0.1, -0.05) is 29.8 Å². The van der Waals surface area contributed by atoms with Crippen LogP contribution in [-0.2, 0) is 11.3 Å². The molecule has 2 amide bonds. The molecule has 0 spiro atoms. The lowest BCUT2D eigenvalue weighted by Crippen LogP contribution is -2.23. The first-order valence-corrected chi connectivity index (χ1v) is 7.42. The highest BCUT2D eigenvalue weighted by Crippen LogP contribution is 2.28. The summed E-state index contributed by atoms with van der Waals surface area (Å²) in [4.78, 5) is 23.0. The highest BCUT2D eigenvalue weighted by molar-refractivity contribution is 5.94. The molecule has 0 aliphatic carbocycles. The second kappa shape index (κ2) is 8.01. The Morgan fingerprint density at radius 2 is 1.79 bits per heavy atom. The standard InChI is InChI=1S/C18H20N2O4/c1-12-3-5-13(6-4-12)10-20-18(22)14-7-8-15(16(9-14)23-2)24-11-17(19)21/h3-9H,10-11H2,1-2H3,(H2,19,21)(H,20,22). The van der Waals surface area contributed by atoms with E-state index in [1.165, 1.54) is 12.7 Å². The highest BCUT2D eigenvalue weighted by Gasteiger charge is 2.11. The maximum absolute atomic E-state index is 12.2. The minimum atomic E-state index is -0.586. The van der Waals surface area contributed by atoms with E-state index in [-0.39, 0.29) is 12.5 Å². The maximum Gasteiger partial charge on any atom is 0.255 e. The molecule has 2 aromatic carbocycles. The van der Waals surface area contributed by atoms with E-state index in [9.17, 15) is 9.59 Å². The van der Waals surface area contributed by atoms with E-state index >= 15 is 0 Å². The van der Waals surface area contributed by atoms with Crippen molar-refractivity contribution in [1.82, 2.24) is 5.32 Å². The van der Waals surface area contributed by atoms with E-state index in [4.69, 9.17) is 15.2 Å². The van der Waals surface area contributed by atoms with Crippen LogP contribution in [0.25, 0.3) is 0 Å². The van der Waals surface area contributed by atoms with Gasteiger partial charge in [-0.05, 0) is 30.7 Å². The van der Waals surface area contributed by atoms with Crippen molar-refractivity contribution in [3.63, 3.8) is 0 Å². The molecule has 2 rings (SSSR count). The van der Waals surface area contributed by atoms with E-state index < -0.39 is 5.91 Å². The monoisotopic (exact) mass is 328 g/mol. The Morgan fingerprint density at radius 3 is 2.42 bits per heavy atom. The third-order valence-corrected chi connectivity index (χ3v) is 3.37. The van der Waals surface area contributed by atoms with Gasteiger partial charge in [0.2, 0.25) is 0 Å². The SMILES string of the molecule is COc1cc(C(=O)NCc2ccc(C)cc2)ccc1OCC(N)=O. The van der Waals surface area contributed by atoms with Crippen LogP contribution in [0, 0.1) is 6.92 Å². The summed E-state index contributed by atoms with van der Waals surface area (Å²) in [6, 6.07) is 12.7. The van der Waals surface area contributed by atoms with Gasteiger partial charge in [0.15, 0.2) is 18.1 Å². The minimum absolute atomic E-state index is 0.227. The average Bonchev–Trinajstić information content (AvgIpc) is 2.59. The molecule has 3 N–H and O–H groups in total. The van der Waals surface area contributed by atoms with Crippen LogP contribution in [0.3, 0.4) is 0 Å². The molecule has 24 heavy (non-hydrogen) atoms. The van der Waals surface area contributed by atoms with Crippen LogP contribution in [-0.4, -0.2) is 25.5 Å². The number of carbonyl (C=O) groups excluding carboxylic acids is 2. The van der Waals surface area contributed by atoms with Gasteiger partial charge in [0.25, 0.3) is 11.8 Å². The largest absolute Gasteiger partial charge is 0.493 e. The second-order valence-electron chi connectivity index (χ2n) is 5.29. The number of nitrogens with two attached hydrogens (primary N) is 1. The normalized spacial score (nSPS) is 10.1. The molecule has 126 valence electrons. The van der Waals surface area contributed by atoms with Crippen molar-refractivity contribution >= 4 is 11.8 Å². The van der Waals surface area contributed by atoms with E-state index in [2.05, 4.69) is 5.32 Å². The number of aryl methyl sites for hydroxylation is 1. The predicted molar refractivity (Wildman–Crippen MR) is 90.0 cm³/mol. The van der Waals surface area contributed by atoms with Crippen molar-refractivity contribution in [1.29, 1.82) is 0 Å². The average molecular weight is 328 g/mol. The fourth-order valence-electron chi connectivity index (χ4n) is 2.07. The van der Waals surface area contributed by atoms with E-state index in [0.717, 1.165) is 5.56 Å². The van der Waals surface area contributed by atoms with Crippen molar-refractivity contribution in [2.24, 2.45) is 5.73 Å². The summed E-state index contributed by atoms with van der Waals surface area (Å²) in [5, 5.41) is 2.85. The topological polar surface area (TPSA) is 90.7 Å². The molecule has 0 unspecified atom stereocenters. The number of nitrogens with one attached hydrogen (secondary N) is 1. The van der Waals surface area contributed by atoms with Gasteiger partial charge in [0.1, 0.15) is 0 Å². The number of amides is 2. The molecule has 2 aromatic rings. The molecular weight excluding hydrogens is 308 g/mol. The molecule has 0 atom stereocenters. The van der Waals surface area contributed by atoms with Crippen molar-refractivity contribution < 1.29 is 19.1 Å². The molecule has 0 saturated heterocycles. The van der Waals surface area contributed by atoms with Crippen LogP contribution in [0.2, 0.25) is 0 Å². The number of carbonyl (C=O) groups is 2. The lowest BCUT2D eigenvalue weighted by Gasteiger charge is -2.11. The van der Waals surface area contributed by atoms with Crippen LogP contribution in [0.5, 0.6) is 11.5 Å². The molecular formula is C18H20N2O4. The Kier molecular flexibility index (Phi) is 5.78. The molecule has 0 fully saturated rings. The fourth-order valence-corrected chi connectivity index (χ4v) is 2.07. The van der Waals surface area contributed by atoms with Gasteiger partial charge < -0.3 is 20.5 Å². The quantitative estimate of drug-likeness (QED) is 0.811. The van der Waals surface area contributed by atoms with Gasteiger partial charge in [-0.3, -0.25) is 9.59 Å². The number of hydrogen-bond donors (Lipinski definition) is 2. The summed E-state index contributed by atoms with van der Waals surface area (Å²) in [7, 11) is 1.46. The summed E-state index contributed by atoms with van der Waals surface area (Å²) in [6.45, 7) is 2.19. The van der Waals surface area contributed by atoms with Crippen molar-refractivity contribution in [3.05, 3.63) is 59.2 Å². The summed E-state index contributed by atoms with van der Waals surface area (Å²) in [6.07, 6.45) is 0. The minimum Gasteiger partial charge on any atom is -0.493 e. The zero-order valence-electron chi connectivity index (χ0n) is 13.7. The van der Waals surface area contributed by atoms with Crippen molar-refractivity contribution in [2.75, 3.05) is 13.7 Å². The third-order valence-electron chi connectivity index (χ3n) is 3.37. The lowest BCUT2D eigenvalue weighted by molar-refractivity contribution is -0.119. The molecule has 0 saturated carbocycles. The maximum atomic E-state index is 12.2. The van der Waals surface area contributed by atoms with E-state index in [1.54, 1.807) is 18.2 Å². The number of methoxy groups -OCH3 is 1. The number of rotatable bonds is 7. The number of primary amides is 1. The predicted octanol–water partition coefficient (Wildman–Crippen LogP) is 1.80. The Labute approximate surface area is 140 Å². The third kappa shape index (κ3) is 4.74. The Hall–Kier alpha value is -3.02. The molecule has 0 heterocycles. The highest BCUT2D eigenvalue weighted by atomic mass is 16.5. The summed E-state index contributed by atoms with van der Waals surface area (Å²) >= 11 is 0. The van der Waals surface area contributed by atoms with E-state index in [0.29, 0.717) is 23.6 Å². The Balaban J connectivity index is 2.03. The van der Waals surface area contributed by atoms with Gasteiger partial charge in [-0.25, -0.2) is 0 Å². The summed E-state index contributed by atoms with van der Waals surface area (Å²) in [5.41, 5.74) is 7.66. The summed E-state index contributed by atoms with van der Waals surface area (Å²) in [5.74, 6) is -0.0992. The Bertz CT molecular complexity index is 726. The number of benzene rings is 2. The molecule has 0 aliphatic heterocycles. The lowest BCUT2D eigenvalue weighted by atomic mass is 10.1. The molecule has 0 aliphatic rings. The first kappa shape index (κ1) is 17.3. The van der Waals surface area contributed by atoms with Crippen molar-refractivity contribution in [3.8, 4) is 11.5 Å². The van der Waals surface area contributed by atoms with Crippen LogP contribution in [0.4, 0.5) is 0 Å². The van der Waals surface area contributed by atoms with Gasteiger partial charge in [0, 0.05) is 12.1 Å². The van der Waals surface area contributed by atoms with Crippen LogP contribution in [0.15, 0.2) is 42.5 Å². The van der Waals surface area contributed by atoms with Gasteiger partial charge in [-0.15, -0.1) is 0 Å². The molecule has 0 bridgehead atoms. The van der Waals surface area contributed by atoms with Crippen LogP contribution < -0.4 is 20.5 Å². The van der Waals surface area contributed by atoms with Gasteiger partial charge in [0.05, 0.1) is 7.11 Å². The molecule has 6 nitrogen and oxygen atoms in total. The molecule has 6 heteroatoms. The first-order valence-electron chi connectivity index (χ1n) is 7.42. The smallest absolute Gasteiger partial charge is 0.255 e. The Morgan fingerprint density at radius 1 is 1.08 bits per heavy atom. The number of hydrogen-bond acceptors (Lipinski definition) is 4. The second-order valence-corrected chi connectivity index (χ2v) is 5.29. The van der Waals surface area contributed by atoms with Crippen LogP contribution in [0.1, 0.15) is 21.5 Å². The molecule has 0 radical (unpaired) electrons. The van der Waals surface area contributed by atoms with E-state index in [1.807, 2.05) is 31.2 Å². The molecule has 0 aromatic heterocycles. The first-order chi connectivity index (χ1) is 11.5. The van der Waals surface area contributed by atoms with Gasteiger partial charge >= 0.3 is 0 Å². The summed E-state index contributed by atoms with van der Waals surface area (Å²) < 4.78 is 10.4. The number of ether oxygens (including phenoxy) is 2. The zero-order chi connectivity index (χ0) is 17.5. The van der Waals surface area contributed by atoms with Gasteiger partial charge in [-0.2, -0.15) is 0 Å². The van der Waals surface area contributed by atoms with Crippen molar-refractivity contribution in [2.45, 2.75) is 13.5 Å². The zero-order valence-corrected chi connectivity index (χ0v) is 13.7.